The van der Waals surface area contributed by atoms with Gasteiger partial charge >= 0.3 is 0 Å². The van der Waals surface area contributed by atoms with Gasteiger partial charge in [-0.05, 0) is 54.4 Å². The molecule has 150 valence electrons. The van der Waals surface area contributed by atoms with Gasteiger partial charge in [-0.25, -0.2) is 4.39 Å². The molecule has 0 bridgehead atoms. The monoisotopic (exact) mass is 402 g/mol. The van der Waals surface area contributed by atoms with E-state index in [0.29, 0.717) is 5.56 Å². The summed E-state index contributed by atoms with van der Waals surface area (Å²) in [6.45, 7) is 2.13. The number of aromatic nitrogens is 1. The van der Waals surface area contributed by atoms with Crippen LogP contribution in [-0.4, -0.2) is 26.7 Å². The fourth-order valence-corrected chi connectivity index (χ4v) is 3.59. The normalized spacial score (nSPS) is 18.1. The molecule has 1 amide bonds. The molecule has 3 aromatic rings. The molecule has 30 heavy (non-hydrogen) atoms. The van der Waals surface area contributed by atoms with Crippen LogP contribution in [0.2, 0.25) is 0 Å². The molecule has 2 heterocycles. The molecule has 0 radical (unpaired) electrons. The number of aliphatic hydroxyl groups excluding tert-OH is 1. The summed E-state index contributed by atoms with van der Waals surface area (Å²) in [6.07, 6.45) is 3.23. The number of ketones is 1. The summed E-state index contributed by atoms with van der Waals surface area (Å²) in [7, 11) is 0. The van der Waals surface area contributed by atoms with Gasteiger partial charge in [-0.2, -0.15) is 0 Å². The zero-order valence-corrected chi connectivity index (χ0v) is 16.2. The third kappa shape index (κ3) is 3.59. The van der Waals surface area contributed by atoms with Crippen LogP contribution in [-0.2, 0) is 16.1 Å². The summed E-state index contributed by atoms with van der Waals surface area (Å²) in [5.74, 6) is -2.24. The molecule has 0 aliphatic carbocycles. The van der Waals surface area contributed by atoms with E-state index in [9.17, 15) is 19.1 Å². The van der Waals surface area contributed by atoms with Crippen LogP contribution in [0.25, 0.3) is 5.76 Å². The Balaban J connectivity index is 1.85. The first kappa shape index (κ1) is 19.5. The molecule has 0 saturated carbocycles. The third-order valence-electron chi connectivity index (χ3n) is 5.15. The van der Waals surface area contributed by atoms with Gasteiger partial charge in [0.1, 0.15) is 11.6 Å². The quantitative estimate of drug-likeness (QED) is 0.404. The zero-order chi connectivity index (χ0) is 21.3. The van der Waals surface area contributed by atoms with Gasteiger partial charge in [0, 0.05) is 24.5 Å². The van der Waals surface area contributed by atoms with E-state index in [-0.39, 0.29) is 23.4 Å². The molecule has 5 nitrogen and oxygen atoms in total. The van der Waals surface area contributed by atoms with Crippen molar-refractivity contribution in [3.05, 3.63) is 107 Å². The number of carbonyl (C=O) groups excluding carboxylic acids is 2. The van der Waals surface area contributed by atoms with Crippen LogP contribution in [0.3, 0.4) is 0 Å². The Morgan fingerprint density at radius 1 is 1.00 bits per heavy atom. The van der Waals surface area contributed by atoms with Crippen LogP contribution in [0.15, 0.2) is 78.6 Å². The number of carbonyl (C=O) groups is 2. The Bertz CT molecular complexity index is 1120. The van der Waals surface area contributed by atoms with Gasteiger partial charge < -0.3 is 10.0 Å². The van der Waals surface area contributed by atoms with Crippen molar-refractivity contribution < 1.29 is 19.1 Å². The molecule has 0 unspecified atom stereocenters. The van der Waals surface area contributed by atoms with Gasteiger partial charge in [-0.15, -0.1) is 0 Å². The van der Waals surface area contributed by atoms with Crippen LogP contribution in [0.1, 0.15) is 28.3 Å². The lowest BCUT2D eigenvalue weighted by atomic mass is 9.94. The highest BCUT2D eigenvalue weighted by Gasteiger charge is 2.46. The number of halogens is 1. The number of pyridine rings is 1. The molecule has 0 spiro atoms. The highest BCUT2D eigenvalue weighted by atomic mass is 19.1. The number of aryl methyl sites for hydroxylation is 1. The Labute approximate surface area is 173 Å². The van der Waals surface area contributed by atoms with Crippen LogP contribution in [0.4, 0.5) is 4.39 Å². The van der Waals surface area contributed by atoms with Crippen molar-refractivity contribution >= 4 is 17.4 Å². The van der Waals surface area contributed by atoms with Gasteiger partial charge in [0.2, 0.25) is 0 Å². The average molecular weight is 402 g/mol. The van der Waals surface area contributed by atoms with Gasteiger partial charge in [0.25, 0.3) is 11.7 Å². The first-order chi connectivity index (χ1) is 14.5. The molecule has 1 aliphatic heterocycles. The van der Waals surface area contributed by atoms with Gasteiger partial charge in [-0.3, -0.25) is 14.6 Å². The molecule has 1 saturated heterocycles. The first-order valence-electron chi connectivity index (χ1n) is 9.45. The predicted octanol–water partition coefficient (Wildman–Crippen LogP) is 4.15. The molecule has 2 aromatic carbocycles. The molecule has 4 rings (SSSR count). The van der Waals surface area contributed by atoms with E-state index in [4.69, 9.17) is 0 Å². The summed E-state index contributed by atoms with van der Waals surface area (Å²) in [5, 5.41) is 10.9. The molecule has 1 aromatic heterocycles. The Morgan fingerprint density at radius 2 is 1.63 bits per heavy atom. The minimum Gasteiger partial charge on any atom is -0.507 e. The summed E-state index contributed by atoms with van der Waals surface area (Å²) >= 11 is 0. The molecule has 1 aliphatic rings. The van der Waals surface area contributed by atoms with E-state index >= 15 is 0 Å². The smallest absolute Gasteiger partial charge is 0.295 e. The van der Waals surface area contributed by atoms with Crippen molar-refractivity contribution in [2.45, 2.75) is 19.5 Å². The van der Waals surface area contributed by atoms with Crippen molar-refractivity contribution in [3.63, 3.8) is 0 Å². The second kappa shape index (κ2) is 7.91. The lowest BCUT2D eigenvalue weighted by Crippen LogP contribution is -2.29. The van der Waals surface area contributed by atoms with E-state index in [0.717, 1.165) is 11.1 Å². The van der Waals surface area contributed by atoms with E-state index in [1.807, 2.05) is 31.2 Å². The SMILES string of the molecule is Cc1ccc([C@@H]2C(=C(O)c3ccc(F)cc3)C(=O)C(=O)N2Cc2ccncc2)cc1. The lowest BCUT2D eigenvalue weighted by Gasteiger charge is -2.25. The van der Waals surface area contributed by atoms with Gasteiger partial charge in [0.05, 0.1) is 11.6 Å². The largest absolute Gasteiger partial charge is 0.507 e. The topological polar surface area (TPSA) is 70.5 Å². The number of hydrogen-bond acceptors (Lipinski definition) is 4. The molecule has 6 heteroatoms. The van der Waals surface area contributed by atoms with Crippen molar-refractivity contribution in [2.24, 2.45) is 0 Å². The highest BCUT2D eigenvalue weighted by molar-refractivity contribution is 6.46. The highest BCUT2D eigenvalue weighted by Crippen LogP contribution is 2.40. The van der Waals surface area contributed by atoms with Crippen LogP contribution >= 0.6 is 0 Å². The van der Waals surface area contributed by atoms with Crippen LogP contribution in [0.5, 0.6) is 0 Å². The summed E-state index contributed by atoms with van der Waals surface area (Å²) in [6, 6.07) is 15.4. The number of rotatable bonds is 4. The van der Waals surface area contributed by atoms with E-state index < -0.39 is 23.5 Å². The number of nitrogens with zero attached hydrogens (tertiary/aromatic N) is 2. The van der Waals surface area contributed by atoms with E-state index in [1.165, 1.54) is 29.2 Å². The maximum atomic E-state index is 13.3. The molecule has 1 atom stereocenters. The van der Waals surface area contributed by atoms with Crippen molar-refractivity contribution in [2.75, 3.05) is 0 Å². The minimum absolute atomic E-state index is 0.00971. The molecular formula is C24H19FN2O3. The zero-order valence-electron chi connectivity index (χ0n) is 16.2. The fraction of sp³-hybridized carbons (Fsp3) is 0.125. The summed E-state index contributed by atoms with van der Waals surface area (Å²) in [4.78, 5) is 31.3. The Morgan fingerprint density at radius 3 is 2.27 bits per heavy atom. The number of benzene rings is 2. The Hall–Kier alpha value is -3.80. The van der Waals surface area contributed by atoms with Gasteiger partial charge in [0.15, 0.2) is 0 Å². The molecule has 1 fully saturated rings. The summed E-state index contributed by atoms with van der Waals surface area (Å²) in [5.41, 5.74) is 2.81. The standard InChI is InChI=1S/C24H19FN2O3/c1-15-2-4-17(5-3-15)21-20(22(28)18-6-8-19(25)9-7-18)23(29)24(30)27(21)14-16-10-12-26-13-11-16/h2-13,21,28H,14H2,1H3/t21-/m1/s1. The maximum absolute atomic E-state index is 13.3. The average Bonchev–Trinajstić information content (AvgIpc) is 3.00. The molecular weight excluding hydrogens is 383 g/mol. The maximum Gasteiger partial charge on any atom is 0.295 e. The number of likely N-dealkylation sites (tertiary alicyclic amines) is 1. The van der Waals surface area contributed by atoms with Crippen molar-refractivity contribution in [3.8, 4) is 0 Å². The van der Waals surface area contributed by atoms with Crippen molar-refractivity contribution in [1.82, 2.24) is 9.88 Å². The van der Waals surface area contributed by atoms with E-state index in [1.54, 1.807) is 24.5 Å². The second-order valence-electron chi connectivity index (χ2n) is 7.20. The van der Waals surface area contributed by atoms with Crippen LogP contribution in [0, 0.1) is 12.7 Å². The molecule has 1 N–H and O–H groups in total. The number of Topliss-reactive ketones (excluding diaryl/α,β-unsaturated/α-hetero) is 1. The second-order valence-corrected chi connectivity index (χ2v) is 7.20. The lowest BCUT2D eigenvalue weighted by molar-refractivity contribution is -0.140. The van der Waals surface area contributed by atoms with Gasteiger partial charge in [-0.1, -0.05) is 29.8 Å². The first-order valence-corrected chi connectivity index (χ1v) is 9.45. The number of hydrogen-bond donors (Lipinski definition) is 1. The van der Waals surface area contributed by atoms with E-state index in [2.05, 4.69) is 4.98 Å². The third-order valence-corrected chi connectivity index (χ3v) is 5.15. The van der Waals surface area contributed by atoms with Crippen LogP contribution < -0.4 is 0 Å². The fourth-order valence-electron chi connectivity index (χ4n) is 3.59. The van der Waals surface area contributed by atoms with Crippen molar-refractivity contribution in [1.29, 1.82) is 0 Å². The Kier molecular flexibility index (Phi) is 5.14. The number of aliphatic hydroxyl groups is 1. The summed E-state index contributed by atoms with van der Waals surface area (Å²) < 4.78 is 13.3. The minimum atomic E-state index is -0.767. The number of amides is 1. The predicted molar refractivity (Wildman–Crippen MR) is 110 cm³/mol.